The van der Waals surface area contributed by atoms with E-state index in [-0.39, 0.29) is 30.2 Å². The first-order chi connectivity index (χ1) is 13.9. The fourth-order valence-corrected chi connectivity index (χ4v) is 3.31. The highest BCUT2D eigenvalue weighted by Crippen LogP contribution is 2.28. The molecule has 1 aromatic carbocycles. The van der Waals surface area contributed by atoms with Gasteiger partial charge in [0, 0.05) is 18.2 Å². The Bertz CT molecular complexity index is 1160. The number of rotatable bonds is 3. The summed E-state index contributed by atoms with van der Waals surface area (Å²) in [5, 5.41) is 4.68. The van der Waals surface area contributed by atoms with Gasteiger partial charge in [-0.1, -0.05) is 18.1 Å². The summed E-state index contributed by atoms with van der Waals surface area (Å²) in [6.45, 7) is 0.122. The van der Waals surface area contributed by atoms with E-state index < -0.39 is 17.5 Å². The molecule has 2 aliphatic rings. The largest absolute Gasteiger partial charge is 0.497 e. The molecule has 3 N–H and O–H groups in total. The van der Waals surface area contributed by atoms with E-state index >= 15 is 0 Å². The Morgan fingerprint density at radius 3 is 2.69 bits per heavy atom. The summed E-state index contributed by atoms with van der Waals surface area (Å²) in [6.07, 6.45) is 0. The van der Waals surface area contributed by atoms with Crippen molar-refractivity contribution in [2.45, 2.75) is 12.1 Å². The van der Waals surface area contributed by atoms with Crippen LogP contribution in [-0.2, 0) is 11.3 Å². The molecule has 9 nitrogen and oxygen atoms in total. The van der Waals surface area contributed by atoms with Gasteiger partial charge in [0.1, 0.15) is 5.75 Å². The van der Waals surface area contributed by atoms with Crippen molar-refractivity contribution in [3.63, 3.8) is 0 Å². The molecule has 2 aromatic rings. The van der Waals surface area contributed by atoms with E-state index in [1.54, 1.807) is 24.3 Å². The lowest BCUT2D eigenvalue weighted by Gasteiger charge is -2.26. The van der Waals surface area contributed by atoms with Crippen LogP contribution in [0.25, 0.3) is 0 Å². The Hall–Kier alpha value is -4.06. The number of urea groups is 1. The number of hydrogen-bond acceptors (Lipinski definition) is 5. The molecule has 1 aromatic heterocycles. The van der Waals surface area contributed by atoms with Gasteiger partial charge in [-0.05, 0) is 29.7 Å². The zero-order valence-corrected chi connectivity index (χ0v) is 15.4. The number of aromatic amines is 1. The summed E-state index contributed by atoms with van der Waals surface area (Å²) in [5.74, 6) is 5.04. The Morgan fingerprint density at radius 2 is 2.00 bits per heavy atom. The molecule has 2 aliphatic heterocycles. The second kappa shape index (κ2) is 6.83. The highest BCUT2D eigenvalue weighted by molar-refractivity contribution is 6.10. The first-order valence-corrected chi connectivity index (χ1v) is 8.72. The predicted molar refractivity (Wildman–Crippen MR) is 101 cm³/mol. The van der Waals surface area contributed by atoms with Gasteiger partial charge in [0.15, 0.2) is 0 Å². The molecule has 9 heteroatoms. The lowest BCUT2D eigenvalue weighted by molar-refractivity contribution is -0.122. The SMILES string of the molecule is COc1ccc2c(c1)C(=O)N(C[C@@]1(C#Cc3cccc(=O)[nH]3)NC(=O)NC1=O)C2. The molecule has 146 valence electrons. The van der Waals surface area contributed by atoms with Crippen molar-refractivity contribution < 1.29 is 19.1 Å². The van der Waals surface area contributed by atoms with Gasteiger partial charge in [0.25, 0.3) is 11.8 Å². The minimum atomic E-state index is -1.63. The van der Waals surface area contributed by atoms with E-state index in [1.807, 2.05) is 0 Å². The molecule has 0 spiro atoms. The van der Waals surface area contributed by atoms with Gasteiger partial charge in [-0.2, -0.15) is 0 Å². The molecule has 4 rings (SSSR count). The van der Waals surface area contributed by atoms with E-state index in [0.29, 0.717) is 11.3 Å². The van der Waals surface area contributed by atoms with Crippen molar-refractivity contribution >= 4 is 17.8 Å². The van der Waals surface area contributed by atoms with E-state index in [0.717, 1.165) is 5.56 Å². The van der Waals surface area contributed by atoms with Gasteiger partial charge in [-0.3, -0.25) is 19.7 Å². The number of pyridine rings is 1. The summed E-state index contributed by atoms with van der Waals surface area (Å²) in [5.41, 5.74) is -0.428. The Morgan fingerprint density at radius 1 is 1.17 bits per heavy atom. The maximum Gasteiger partial charge on any atom is 0.323 e. The average Bonchev–Trinajstić information content (AvgIpc) is 3.15. The van der Waals surface area contributed by atoms with Gasteiger partial charge in [-0.25, -0.2) is 4.79 Å². The maximum atomic E-state index is 12.8. The Balaban J connectivity index is 1.66. The van der Waals surface area contributed by atoms with Crippen molar-refractivity contribution in [3.8, 4) is 17.6 Å². The van der Waals surface area contributed by atoms with E-state index in [4.69, 9.17) is 4.74 Å². The molecule has 0 aliphatic carbocycles. The van der Waals surface area contributed by atoms with Gasteiger partial charge in [-0.15, -0.1) is 0 Å². The number of H-pyrrole nitrogens is 1. The van der Waals surface area contributed by atoms with E-state index in [1.165, 1.54) is 24.1 Å². The smallest absolute Gasteiger partial charge is 0.323 e. The Kier molecular flexibility index (Phi) is 4.31. The molecular formula is C20H16N4O5. The standard InChI is InChI=1S/C20H16N4O5/c1-29-14-6-5-12-10-24(17(26)15(12)9-14)11-20(18(27)22-19(28)23-20)8-7-13-3-2-4-16(25)21-13/h2-6,9H,10-11H2,1H3,(H,21,25)(H2,22,23,27,28)/t20-/m1/s1. The summed E-state index contributed by atoms with van der Waals surface area (Å²) in [4.78, 5) is 52.6. The van der Waals surface area contributed by atoms with Crippen LogP contribution in [0, 0.1) is 11.8 Å². The number of nitrogens with zero attached hydrogens (tertiary/aromatic N) is 1. The minimum absolute atomic E-state index is 0.148. The van der Waals surface area contributed by atoms with Crippen molar-refractivity contribution in [1.82, 2.24) is 20.5 Å². The molecule has 1 saturated heterocycles. The van der Waals surface area contributed by atoms with Crippen molar-refractivity contribution in [1.29, 1.82) is 0 Å². The average molecular weight is 392 g/mol. The first kappa shape index (κ1) is 18.3. The van der Waals surface area contributed by atoms with Gasteiger partial charge in [0.05, 0.1) is 19.3 Å². The number of hydrogen-bond donors (Lipinski definition) is 3. The third kappa shape index (κ3) is 3.32. The number of methoxy groups -OCH3 is 1. The number of benzene rings is 1. The van der Waals surface area contributed by atoms with Crippen molar-refractivity contribution in [2.24, 2.45) is 0 Å². The predicted octanol–water partition coefficient (Wildman–Crippen LogP) is -0.0308. The quantitative estimate of drug-likeness (QED) is 0.500. The second-order valence-electron chi connectivity index (χ2n) is 6.68. The molecule has 1 atom stereocenters. The third-order valence-corrected chi connectivity index (χ3v) is 4.74. The number of aromatic nitrogens is 1. The number of amides is 4. The highest BCUT2D eigenvalue weighted by Gasteiger charge is 2.48. The van der Waals surface area contributed by atoms with Crippen LogP contribution >= 0.6 is 0 Å². The molecule has 4 amide bonds. The monoisotopic (exact) mass is 392 g/mol. The normalized spacial score (nSPS) is 19.9. The first-order valence-electron chi connectivity index (χ1n) is 8.72. The lowest BCUT2D eigenvalue weighted by Crippen LogP contribution is -2.54. The number of fused-ring (bicyclic) bond motifs is 1. The lowest BCUT2D eigenvalue weighted by atomic mass is 9.99. The molecule has 29 heavy (non-hydrogen) atoms. The minimum Gasteiger partial charge on any atom is -0.497 e. The van der Waals surface area contributed by atoms with Crippen LogP contribution in [-0.4, -0.2) is 46.9 Å². The Labute approximate surface area is 165 Å². The number of carbonyl (C=O) groups is 3. The van der Waals surface area contributed by atoms with Crippen molar-refractivity contribution in [3.05, 3.63) is 63.6 Å². The molecule has 0 bridgehead atoms. The number of nitrogens with one attached hydrogen (secondary N) is 3. The summed E-state index contributed by atoms with van der Waals surface area (Å²) in [7, 11) is 1.51. The zero-order chi connectivity index (χ0) is 20.6. The van der Waals surface area contributed by atoms with Crippen LogP contribution < -0.4 is 20.9 Å². The van der Waals surface area contributed by atoms with Gasteiger partial charge < -0.3 is 19.9 Å². The summed E-state index contributed by atoms with van der Waals surface area (Å²) in [6, 6.07) is 8.90. The number of ether oxygens (including phenoxy) is 1. The zero-order valence-electron chi connectivity index (χ0n) is 15.4. The maximum absolute atomic E-state index is 12.8. The fraction of sp³-hybridized carbons (Fsp3) is 0.200. The van der Waals surface area contributed by atoms with Gasteiger partial charge >= 0.3 is 6.03 Å². The van der Waals surface area contributed by atoms with Crippen molar-refractivity contribution in [2.75, 3.05) is 13.7 Å². The number of carbonyl (C=O) groups excluding carboxylic acids is 3. The van der Waals surface area contributed by atoms with Crippen LogP contribution in [0.15, 0.2) is 41.2 Å². The van der Waals surface area contributed by atoms with Crippen LogP contribution in [0.4, 0.5) is 4.79 Å². The molecule has 1 fully saturated rings. The molecular weight excluding hydrogens is 376 g/mol. The molecule has 3 heterocycles. The third-order valence-electron chi connectivity index (χ3n) is 4.74. The second-order valence-corrected chi connectivity index (χ2v) is 6.68. The molecule has 0 saturated carbocycles. The van der Waals surface area contributed by atoms with E-state index in [2.05, 4.69) is 27.5 Å². The molecule has 0 radical (unpaired) electrons. The molecule has 0 unspecified atom stereocenters. The topological polar surface area (TPSA) is 121 Å². The summed E-state index contributed by atoms with van der Waals surface area (Å²) >= 11 is 0. The van der Waals surface area contributed by atoms with E-state index in [9.17, 15) is 19.2 Å². The fourth-order valence-electron chi connectivity index (χ4n) is 3.31. The van der Waals surface area contributed by atoms with Crippen LogP contribution in [0.1, 0.15) is 21.6 Å². The highest BCUT2D eigenvalue weighted by atomic mass is 16.5. The van der Waals surface area contributed by atoms with Gasteiger partial charge in [0.2, 0.25) is 11.1 Å². The van der Waals surface area contributed by atoms with Crippen LogP contribution in [0.5, 0.6) is 5.75 Å². The van der Waals surface area contributed by atoms with Crippen LogP contribution in [0.3, 0.4) is 0 Å². The summed E-state index contributed by atoms with van der Waals surface area (Å²) < 4.78 is 5.16. The number of imide groups is 1. The van der Waals surface area contributed by atoms with Crippen LogP contribution in [0.2, 0.25) is 0 Å².